The van der Waals surface area contributed by atoms with Crippen LogP contribution in [0.2, 0.25) is 0 Å². The van der Waals surface area contributed by atoms with Gasteiger partial charge in [0.2, 0.25) is 11.8 Å². The lowest BCUT2D eigenvalue weighted by atomic mass is 9.97. The molecule has 0 radical (unpaired) electrons. The van der Waals surface area contributed by atoms with Gasteiger partial charge < -0.3 is 14.2 Å². The Morgan fingerprint density at radius 2 is 1.91 bits per heavy atom. The molecule has 0 aliphatic carbocycles. The summed E-state index contributed by atoms with van der Waals surface area (Å²) in [4.78, 5) is 18.0. The largest absolute Gasteiger partial charge is 0.378 e. The molecule has 0 aromatic carbocycles. The minimum atomic E-state index is -3.71. The molecule has 23 heavy (non-hydrogen) atoms. The molecule has 2 rings (SSSR count). The quantitative estimate of drug-likeness (QED) is 0.784. The highest BCUT2D eigenvalue weighted by atomic mass is 32.2. The van der Waals surface area contributed by atoms with Crippen LogP contribution in [0.1, 0.15) is 39.4 Å². The molecule has 1 fully saturated rings. The van der Waals surface area contributed by atoms with Crippen molar-refractivity contribution in [3.63, 3.8) is 0 Å². The zero-order valence-corrected chi connectivity index (χ0v) is 14.7. The molecule has 1 saturated heterocycles. The Hall–Kier alpha value is -1.48. The molecule has 1 aliphatic rings. The third kappa shape index (κ3) is 4.29. The van der Waals surface area contributed by atoms with Crippen LogP contribution in [0, 0.1) is 0 Å². The molecule has 0 N–H and O–H groups in total. The summed E-state index contributed by atoms with van der Waals surface area (Å²) in [5.41, 5.74) is -0.357. The van der Waals surface area contributed by atoms with Crippen molar-refractivity contribution in [1.29, 1.82) is 0 Å². The molecule has 9 heteroatoms. The van der Waals surface area contributed by atoms with Crippen molar-refractivity contribution >= 4 is 15.7 Å². The highest BCUT2D eigenvalue weighted by Crippen LogP contribution is 2.21. The lowest BCUT2D eigenvalue weighted by Gasteiger charge is -2.28. The van der Waals surface area contributed by atoms with Crippen LogP contribution < -0.4 is 0 Å². The van der Waals surface area contributed by atoms with Gasteiger partial charge in [-0.05, 0) is 6.92 Å². The van der Waals surface area contributed by atoms with Crippen LogP contribution in [0.5, 0.6) is 0 Å². The maximum atomic E-state index is 12.4. The normalized spacial score (nSPS) is 18.0. The van der Waals surface area contributed by atoms with Crippen molar-refractivity contribution in [3.8, 4) is 0 Å². The minimum Gasteiger partial charge on any atom is -0.378 e. The standard InChI is InChI=1S/C14H23N3O5S/c1-10(12(18)17-5-7-21-8-6-17)23(19,20)9-11-15-13(22-16-11)14(2,3)4/h10H,5-9H2,1-4H3/t10-/m0/s1. The van der Waals surface area contributed by atoms with Gasteiger partial charge in [-0.3, -0.25) is 4.79 Å². The average molecular weight is 345 g/mol. The summed E-state index contributed by atoms with van der Waals surface area (Å²) in [6, 6.07) is 0. The first-order valence-electron chi connectivity index (χ1n) is 7.52. The van der Waals surface area contributed by atoms with Gasteiger partial charge in [0.05, 0.1) is 13.2 Å². The zero-order valence-electron chi connectivity index (χ0n) is 13.9. The molecule has 130 valence electrons. The number of carbonyl (C=O) groups excluding carboxylic acids is 1. The molecule has 1 aromatic rings. The van der Waals surface area contributed by atoms with Gasteiger partial charge in [-0.1, -0.05) is 25.9 Å². The van der Waals surface area contributed by atoms with Gasteiger partial charge in [0.1, 0.15) is 11.0 Å². The third-order valence-corrected chi connectivity index (χ3v) is 5.59. The number of rotatable bonds is 4. The number of hydrogen-bond acceptors (Lipinski definition) is 7. The summed E-state index contributed by atoms with van der Waals surface area (Å²) in [6.45, 7) is 8.76. The first kappa shape index (κ1) is 17.9. The van der Waals surface area contributed by atoms with Gasteiger partial charge in [-0.2, -0.15) is 4.98 Å². The van der Waals surface area contributed by atoms with E-state index >= 15 is 0 Å². The number of amides is 1. The Kier molecular flexibility index (Phi) is 5.10. The van der Waals surface area contributed by atoms with E-state index in [2.05, 4.69) is 10.1 Å². The second-order valence-corrected chi connectivity index (χ2v) is 8.97. The fourth-order valence-corrected chi connectivity index (χ4v) is 3.30. The highest BCUT2D eigenvalue weighted by molar-refractivity contribution is 7.92. The second kappa shape index (κ2) is 6.56. The molecular weight excluding hydrogens is 322 g/mol. The minimum absolute atomic E-state index is 0.0801. The van der Waals surface area contributed by atoms with E-state index in [0.717, 1.165) is 0 Å². The van der Waals surface area contributed by atoms with E-state index in [-0.39, 0.29) is 11.2 Å². The van der Waals surface area contributed by atoms with Gasteiger partial charge in [0, 0.05) is 18.5 Å². The lowest BCUT2D eigenvalue weighted by molar-refractivity contribution is -0.134. The number of carbonyl (C=O) groups is 1. The number of ether oxygens (including phenoxy) is 1. The van der Waals surface area contributed by atoms with Crippen molar-refractivity contribution in [3.05, 3.63) is 11.7 Å². The van der Waals surface area contributed by atoms with Gasteiger partial charge in [0.15, 0.2) is 15.7 Å². The topological polar surface area (TPSA) is 103 Å². The lowest BCUT2D eigenvalue weighted by Crippen LogP contribution is -2.47. The molecule has 1 aliphatic heterocycles. The number of morpholine rings is 1. The van der Waals surface area contributed by atoms with Crippen LogP contribution in [0.25, 0.3) is 0 Å². The predicted molar refractivity (Wildman–Crippen MR) is 82.5 cm³/mol. The Labute approximate surface area is 136 Å². The van der Waals surface area contributed by atoms with Crippen molar-refractivity contribution < 1.29 is 22.5 Å². The van der Waals surface area contributed by atoms with Crippen LogP contribution in [0.4, 0.5) is 0 Å². The van der Waals surface area contributed by atoms with Crippen LogP contribution >= 0.6 is 0 Å². The molecule has 0 spiro atoms. The molecule has 0 unspecified atom stereocenters. The molecule has 1 amide bonds. The van der Waals surface area contributed by atoms with E-state index in [1.54, 1.807) is 0 Å². The van der Waals surface area contributed by atoms with Crippen LogP contribution in [0.3, 0.4) is 0 Å². The van der Waals surface area contributed by atoms with Crippen LogP contribution in [-0.4, -0.2) is 60.9 Å². The van der Waals surface area contributed by atoms with Crippen LogP contribution in [0.15, 0.2) is 4.52 Å². The Morgan fingerprint density at radius 3 is 2.43 bits per heavy atom. The number of hydrogen-bond donors (Lipinski definition) is 0. The summed E-state index contributed by atoms with van der Waals surface area (Å²) in [5.74, 6) is -0.372. The van der Waals surface area contributed by atoms with Crippen molar-refractivity contribution in [2.75, 3.05) is 26.3 Å². The van der Waals surface area contributed by atoms with Gasteiger partial charge in [0.25, 0.3) is 0 Å². The van der Waals surface area contributed by atoms with Crippen molar-refractivity contribution in [2.45, 2.75) is 44.1 Å². The fourth-order valence-electron chi connectivity index (χ4n) is 2.12. The maximum Gasteiger partial charge on any atom is 0.240 e. The fraction of sp³-hybridized carbons (Fsp3) is 0.786. The highest BCUT2D eigenvalue weighted by Gasteiger charge is 2.34. The van der Waals surface area contributed by atoms with Gasteiger partial charge in [-0.15, -0.1) is 0 Å². The Bertz CT molecular complexity index is 656. The molecule has 2 heterocycles. The Balaban J connectivity index is 2.08. The summed E-state index contributed by atoms with van der Waals surface area (Å²) in [7, 11) is -3.71. The first-order chi connectivity index (χ1) is 10.6. The Morgan fingerprint density at radius 1 is 1.30 bits per heavy atom. The average Bonchev–Trinajstić information content (AvgIpc) is 2.94. The van der Waals surface area contributed by atoms with Gasteiger partial charge in [-0.25, -0.2) is 8.42 Å². The third-order valence-electron chi connectivity index (χ3n) is 3.65. The van der Waals surface area contributed by atoms with E-state index < -0.39 is 26.7 Å². The number of sulfone groups is 1. The second-order valence-electron chi connectivity index (χ2n) is 6.65. The predicted octanol–water partition coefficient (Wildman–Crippen LogP) is 0.529. The summed E-state index contributed by atoms with van der Waals surface area (Å²) >= 11 is 0. The van der Waals surface area contributed by atoms with Crippen molar-refractivity contribution in [2.24, 2.45) is 0 Å². The van der Waals surface area contributed by atoms with E-state index in [9.17, 15) is 13.2 Å². The van der Waals surface area contributed by atoms with E-state index in [0.29, 0.717) is 32.2 Å². The zero-order chi connectivity index (χ0) is 17.3. The molecule has 0 saturated carbocycles. The van der Waals surface area contributed by atoms with E-state index in [1.807, 2.05) is 20.8 Å². The van der Waals surface area contributed by atoms with E-state index in [4.69, 9.17) is 9.26 Å². The van der Waals surface area contributed by atoms with Gasteiger partial charge >= 0.3 is 0 Å². The summed E-state index contributed by atoms with van der Waals surface area (Å²) in [6.07, 6.45) is 0. The smallest absolute Gasteiger partial charge is 0.240 e. The molecule has 1 aromatic heterocycles. The number of nitrogens with zero attached hydrogens (tertiary/aromatic N) is 3. The van der Waals surface area contributed by atoms with Crippen molar-refractivity contribution in [1.82, 2.24) is 15.0 Å². The molecule has 8 nitrogen and oxygen atoms in total. The summed E-state index contributed by atoms with van der Waals surface area (Å²) in [5, 5.41) is 2.57. The molecule has 0 bridgehead atoms. The SMILES string of the molecule is C[C@@H](C(=O)N1CCOCC1)S(=O)(=O)Cc1noc(C(C)(C)C)n1. The van der Waals surface area contributed by atoms with Crippen LogP contribution in [-0.2, 0) is 30.5 Å². The molecule has 1 atom stereocenters. The summed E-state index contributed by atoms with van der Waals surface area (Å²) < 4.78 is 35.1. The first-order valence-corrected chi connectivity index (χ1v) is 9.24. The molecular formula is C14H23N3O5S. The number of aromatic nitrogens is 2. The van der Waals surface area contributed by atoms with E-state index in [1.165, 1.54) is 11.8 Å². The maximum absolute atomic E-state index is 12.4. The monoisotopic (exact) mass is 345 g/mol.